The summed E-state index contributed by atoms with van der Waals surface area (Å²) in [7, 11) is 1.70. The van der Waals surface area contributed by atoms with Crippen LogP contribution in [0.5, 0.6) is 5.88 Å². The molecule has 0 atom stereocenters. The molecule has 1 N–H and O–H groups in total. The fourth-order valence-corrected chi connectivity index (χ4v) is 1.87. The third-order valence-corrected chi connectivity index (χ3v) is 2.67. The maximum absolute atomic E-state index is 5.54. The summed E-state index contributed by atoms with van der Waals surface area (Å²) < 4.78 is 10.6. The molecule has 2 rings (SSSR count). The van der Waals surface area contributed by atoms with Gasteiger partial charge in [-0.3, -0.25) is 0 Å². The van der Waals surface area contributed by atoms with Gasteiger partial charge in [-0.15, -0.1) is 0 Å². The van der Waals surface area contributed by atoms with Crippen LogP contribution >= 0.6 is 0 Å². The summed E-state index contributed by atoms with van der Waals surface area (Å²) in [5, 5.41) is 5.50. The van der Waals surface area contributed by atoms with Crippen LogP contribution in [-0.2, 0) is 4.74 Å². The lowest BCUT2D eigenvalue weighted by Gasteiger charge is -2.11. The highest BCUT2D eigenvalue weighted by molar-refractivity contribution is 5.96. The van der Waals surface area contributed by atoms with Gasteiger partial charge in [0, 0.05) is 36.3 Å². The van der Waals surface area contributed by atoms with Crippen molar-refractivity contribution in [3.8, 4) is 5.88 Å². The van der Waals surface area contributed by atoms with Crippen molar-refractivity contribution < 1.29 is 9.47 Å². The number of rotatable bonds is 6. The maximum atomic E-state index is 5.54. The van der Waals surface area contributed by atoms with Crippen LogP contribution in [0, 0.1) is 0 Å². The Morgan fingerprint density at radius 1 is 1.22 bits per heavy atom. The minimum absolute atomic E-state index is 0.618. The van der Waals surface area contributed by atoms with Crippen LogP contribution in [0.25, 0.3) is 10.8 Å². The fourth-order valence-electron chi connectivity index (χ4n) is 1.87. The van der Waals surface area contributed by atoms with Crippen molar-refractivity contribution in [1.82, 2.24) is 4.98 Å². The standard InChI is InChI=1S/C14H18N2O2/c1-3-18-14-12-5-4-6-13(15-9-10-17-2)11(12)7-8-16-14/h4-8,15H,3,9-10H2,1-2H3. The predicted molar refractivity (Wildman–Crippen MR) is 73.3 cm³/mol. The van der Waals surface area contributed by atoms with E-state index in [0.717, 1.165) is 23.0 Å². The molecule has 4 nitrogen and oxygen atoms in total. The van der Waals surface area contributed by atoms with E-state index in [1.54, 1.807) is 13.3 Å². The van der Waals surface area contributed by atoms with Crippen molar-refractivity contribution in [2.45, 2.75) is 6.92 Å². The quantitative estimate of drug-likeness (QED) is 0.796. The van der Waals surface area contributed by atoms with Crippen LogP contribution in [0.3, 0.4) is 0 Å². The zero-order valence-electron chi connectivity index (χ0n) is 10.8. The van der Waals surface area contributed by atoms with Crippen molar-refractivity contribution in [3.63, 3.8) is 0 Å². The van der Waals surface area contributed by atoms with Crippen LogP contribution in [-0.4, -0.2) is 31.9 Å². The lowest BCUT2D eigenvalue weighted by atomic mass is 10.1. The van der Waals surface area contributed by atoms with Gasteiger partial charge in [-0.05, 0) is 25.1 Å². The largest absolute Gasteiger partial charge is 0.478 e. The van der Waals surface area contributed by atoms with Crippen molar-refractivity contribution in [2.24, 2.45) is 0 Å². The molecule has 0 spiro atoms. The average Bonchev–Trinajstić information content (AvgIpc) is 2.40. The Hall–Kier alpha value is -1.81. The Morgan fingerprint density at radius 3 is 2.89 bits per heavy atom. The number of methoxy groups -OCH3 is 1. The second kappa shape index (κ2) is 6.21. The topological polar surface area (TPSA) is 43.4 Å². The zero-order chi connectivity index (χ0) is 12.8. The van der Waals surface area contributed by atoms with Gasteiger partial charge in [0.25, 0.3) is 0 Å². The van der Waals surface area contributed by atoms with Gasteiger partial charge in [-0.1, -0.05) is 6.07 Å². The molecule has 0 aliphatic rings. The normalized spacial score (nSPS) is 10.6. The van der Waals surface area contributed by atoms with Crippen molar-refractivity contribution in [1.29, 1.82) is 0 Å². The first-order valence-corrected chi connectivity index (χ1v) is 6.10. The molecule has 1 aromatic heterocycles. The summed E-state index contributed by atoms with van der Waals surface area (Å²) in [5.41, 5.74) is 1.08. The van der Waals surface area contributed by atoms with E-state index in [1.807, 2.05) is 31.2 Å². The average molecular weight is 246 g/mol. The fraction of sp³-hybridized carbons (Fsp3) is 0.357. The molecule has 0 fully saturated rings. The number of hydrogen-bond donors (Lipinski definition) is 1. The van der Waals surface area contributed by atoms with E-state index in [9.17, 15) is 0 Å². The Bertz CT molecular complexity index is 514. The van der Waals surface area contributed by atoms with Gasteiger partial charge in [0.1, 0.15) is 0 Å². The lowest BCUT2D eigenvalue weighted by Crippen LogP contribution is -2.07. The van der Waals surface area contributed by atoms with Crippen LogP contribution in [0.4, 0.5) is 5.69 Å². The molecular formula is C14H18N2O2. The van der Waals surface area contributed by atoms with Gasteiger partial charge >= 0.3 is 0 Å². The first-order chi connectivity index (χ1) is 8.86. The molecule has 0 amide bonds. The van der Waals surface area contributed by atoms with E-state index in [2.05, 4.69) is 10.3 Å². The molecule has 0 bridgehead atoms. The van der Waals surface area contributed by atoms with Gasteiger partial charge < -0.3 is 14.8 Å². The second-order valence-electron chi connectivity index (χ2n) is 3.87. The molecule has 0 aliphatic heterocycles. The van der Waals surface area contributed by atoms with E-state index >= 15 is 0 Å². The molecule has 0 saturated carbocycles. The molecule has 4 heteroatoms. The highest BCUT2D eigenvalue weighted by Crippen LogP contribution is 2.28. The number of ether oxygens (including phenoxy) is 2. The van der Waals surface area contributed by atoms with Crippen molar-refractivity contribution >= 4 is 16.5 Å². The molecule has 1 heterocycles. The number of nitrogens with zero attached hydrogens (tertiary/aromatic N) is 1. The first kappa shape index (κ1) is 12.6. The van der Waals surface area contributed by atoms with Gasteiger partial charge in [0.05, 0.1) is 13.2 Å². The third-order valence-electron chi connectivity index (χ3n) is 2.67. The van der Waals surface area contributed by atoms with Crippen molar-refractivity contribution in [3.05, 3.63) is 30.5 Å². The van der Waals surface area contributed by atoms with Crippen LogP contribution < -0.4 is 10.1 Å². The highest BCUT2D eigenvalue weighted by atomic mass is 16.5. The molecule has 2 aromatic rings. The SMILES string of the molecule is CCOc1nccc2c(NCCOC)cccc12. The summed E-state index contributed by atoms with van der Waals surface area (Å²) in [6, 6.07) is 8.07. The van der Waals surface area contributed by atoms with Crippen LogP contribution in [0.15, 0.2) is 30.5 Å². The third kappa shape index (κ3) is 2.71. The highest BCUT2D eigenvalue weighted by Gasteiger charge is 2.06. The van der Waals surface area contributed by atoms with Gasteiger partial charge in [0.15, 0.2) is 0 Å². The lowest BCUT2D eigenvalue weighted by molar-refractivity contribution is 0.211. The number of aromatic nitrogens is 1. The predicted octanol–water partition coefficient (Wildman–Crippen LogP) is 2.69. The number of fused-ring (bicyclic) bond motifs is 1. The molecule has 96 valence electrons. The van der Waals surface area contributed by atoms with Gasteiger partial charge in [-0.2, -0.15) is 0 Å². The Morgan fingerprint density at radius 2 is 2.11 bits per heavy atom. The van der Waals surface area contributed by atoms with E-state index in [-0.39, 0.29) is 0 Å². The zero-order valence-corrected chi connectivity index (χ0v) is 10.8. The number of anilines is 1. The van der Waals surface area contributed by atoms with Gasteiger partial charge in [0.2, 0.25) is 5.88 Å². The smallest absolute Gasteiger partial charge is 0.221 e. The molecular weight excluding hydrogens is 228 g/mol. The van der Waals surface area contributed by atoms with Crippen molar-refractivity contribution in [2.75, 3.05) is 32.2 Å². The summed E-state index contributed by atoms with van der Waals surface area (Å²) in [4.78, 5) is 4.26. The molecule has 1 aromatic carbocycles. The molecule has 18 heavy (non-hydrogen) atoms. The summed E-state index contributed by atoms with van der Waals surface area (Å²) in [6.07, 6.45) is 1.77. The molecule has 0 aliphatic carbocycles. The van der Waals surface area contributed by atoms with E-state index in [4.69, 9.17) is 9.47 Å². The van der Waals surface area contributed by atoms with E-state index in [1.165, 1.54) is 0 Å². The molecule has 0 saturated heterocycles. The minimum atomic E-state index is 0.618. The minimum Gasteiger partial charge on any atom is -0.478 e. The number of pyridine rings is 1. The molecule has 0 unspecified atom stereocenters. The first-order valence-electron chi connectivity index (χ1n) is 6.10. The Balaban J connectivity index is 2.34. The summed E-state index contributed by atoms with van der Waals surface area (Å²) in [5.74, 6) is 0.686. The number of nitrogens with one attached hydrogen (secondary N) is 1. The number of benzene rings is 1. The van der Waals surface area contributed by atoms with Gasteiger partial charge in [-0.25, -0.2) is 4.98 Å². The Labute approximate surface area is 107 Å². The summed E-state index contributed by atoms with van der Waals surface area (Å²) >= 11 is 0. The Kier molecular flexibility index (Phi) is 4.36. The van der Waals surface area contributed by atoms with Crippen LogP contribution in [0.1, 0.15) is 6.92 Å². The summed E-state index contributed by atoms with van der Waals surface area (Å²) in [6.45, 7) is 4.04. The number of hydrogen-bond acceptors (Lipinski definition) is 4. The van der Waals surface area contributed by atoms with E-state index < -0.39 is 0 Å². The van der Waals surface area contributed by atoms with Crippen LogP contribution in [0.2, 0.25) is 0 Å². The van der Waals surface area contributed by atoms with E-state index in [0.29, 0.717) is 19.1 Å². The monoisotopic (exact) mass is 246 g/mol. The molecule has 0 radical (unpaired) electrons. The maximum Gasteiger partial charge on any atom is 0.221 e. The second-order valence-corrected chi connectivity index (χ2v) is 3.87.